The molecule has 0 unspecified atom stereocenters. The van der Waals surface area contributed by atoms with Gasteiger partial charge in [0.1, 0.15) is 28.1 Å². The Morgan fingerprint density at radius 2 is 2.10 bits per heavy atom. The number of hydrogen-bond donors (Lipinski definition) is 1. The van der Waals surface area contributed by atoms with Gasteiger partial charge in [-0.25, -0.2) is 14.2 Å². The Hall–Kier alpha value is -3.76. The Morgan fingerprint density at radius 1 is 1.28 bits per heavy atom. The van der Waals surface area contributed by atoms with Crippen LogP contribution in [-0.4, -0.2) is 4.98 Å². The Morgan fingerprint density at radius 3 is 2.93 bits per heavy atom. The van der Waals surface area contributed by atoms with E-state index in [0.29, 0.717) is 27.5 Å². The highest BCUT2D eigenvalue weighted by molar-refractivity contribution is 7.11. The number of rotatable bonds is 4. The molecule has 0 radical (unpaired) electrons. The molecule has 5 nitrogen and oxygen atoms in total. The number of hydrogen-bond acceptors (Lipinski definition) is 6. The number of halogens is 1. The van der Waals surface area contributed by atoms with Crippen LogP contribution in [0.5, 0.6) is 0 Å². The van der Waals surface area contributed by atoms with E-state index in [1.807, 2.05) is 19.1 Å². The van der Waals surface area contributed by atoms with Gasteiger partial charge in [0.05, 0.1) is 11.3 Å². The molecule has 0 atom stereocenters. The molecule has 2 heterocycles. The fourth-order valence-corrected chi connectivity index (χ4v) is 3.59. The molecule has 0 aliphatic rings. The Bertz CT molecular complexity index is 1350. The second-order valence-electron chi connectivity index (χ2n) is 6.30. The van der Waals surface area contributed by atoms with Gasteiger partial charge in [-0.3, -0.25) is 0 Å². The standard InChI is InChI=1S/C22H14FN3O2S/c1-13-6-7-16(23)9-18(13)25-11-15(10-24)21-26-19(12-29-21)17-8-14-4-2-3-5-20(14)28-22(17)27/h2-9,11-12,25H,1H3. The maximum absolute atomic E-state index is 13.4. The fraction of sp³-hybridized carbons (Fsp3) is 0.0455. The van der Waals surface area contributed by atoms with Crippen molar-refractivity contribution in [3.05, 3.63) is 86.9 Å². The zero-order valence-electron chi connectivity index (χ0n) is 15.3. The summed E-state index contributed by atoms with van der Waals surface area (Å²) in [5.41, 5.74) is 2.46. The van der Waals surface area contributed by atoms with Gasteiger partial charge in [-0.2, -0.15) is 5.26 Å². The summed E-state index contributed by atoms with van der Waals surface area (Å²) < 4.78 is 18.8. The lowest BCUT2D eigenvalue weighted by Gasteiger charge is -2.05. The van der Waals surface area contributed by atoms with Crippen molar-refractivity contribution in [2.45, 2.75) is 6.92 Å². The van der Waals surface area contributed by atoms with E-state index in [1.54, 1.807) is 29.6 Å². The summed E-state index contributed by atoms with van der Waals surface area (Å²) in [7, 11) is 0. The number of thiazole rings is 1. The van der Waals surface area contributed by atoms with Crippen molar-refractivity contribution in [1.29, 1.82) is 5.26 Å². The summed E-state index contributed by atoms with van der Waals surface area (Å²) in [5.74, 6) is -0.371. The molecule has 4 rings (SSSR count). The number of para-hydroxylation sites is 1. The highest BCUT2D eigenvalue weighted by Gasteiger charge is 2.14. The minimum atomic E-state index is -0.489. The van der Waals surface area contributed by atoms with Gasteiger partial charge in [-0.15, -0.1) is 11.3 Å². The molecule has 2 aromatic carbocycles. The quantitative estimate of drug-likeness (QED) is 0.367. The second-order valence-corrected chi connectivity index (χ2v) is 7.15. The van der Waals surface area contributed by atoms with Crippen molar-refractivity contribution in [3.8, 4) is 17.3 Å². The van der Waals surface area contributed by atoms with Gasteiger partial charge in [0.25, 0.3) is 0 Å². The molecule has 0 bridgehead atoms. The van der Waals surface area contributed by atoms with E-state index in [2.05, 4.69) is 16.4 Å². The number of allylic oxidation sites excluding steroid dienone is 1. The van der Waals surface area contributed by atoms with Crippen molar-refractivity contribution < 1.29 is 8.81 Å². The largest absolute Gasteiger partial charge is 0.422 e. The van der Waals surface area contributed by atoms with E-state index in [4.69, 9.17) is 4.42 Å². The van der Waals surface area contributed by atoms with Gasteiger partial charge in [0, 0.05) is 22.7 Å². The Kier molecular flexibility index (Phi) is 4.94. The van der Waals surface area contributed by atoms with Crippen LogP contribution in [0, 0.1) is 24.1 Å². The minimum Gasteiger partial charge on any atom is -0.422 e. The molecule has 142 valence electrons. The van der Waals surface area contributed by atoms with Crippen molar-refractivity contribution >= 4 is 33.6 Å². The van der Waals surface area contributed by atoms with Crippen LogP contribution < -0.4 is 10.9 Å². The van der Waals surface area contributed by atoms with Gasteiger partial charge in [-0.1, -0.05) is 24.3 Å². The number of aryl methyl sites for hydroxylation is 1. The predicted octanol–water partition coefficient (Wildman–Crippen LogP) is 5.34. The number of nitriles is 1. The molecule has 7 heteroatoms. The zero-order valence-corrected chi connectivity index (χ0v) is 16.1. The molecule has 0 saturated carbocycles. The van der Waals surface area contributed by atoms with E-state index in [1.165, 1.54) is 29.7 Å². The monoisotopic (exact) mass is 403 g/mol. The van der Waals surface area contributed by atoms with Crippen LogP contribution in [-0.2, 0) is 0 Å². The summed E-state index contributed by atoms with van der Waals surface area (Å²) >= 11 is 1.24. The molecule has 1 N–H and O–H groups in total. The number of fused-ring (bicyclic) bond motifs is 1. The molecule has 0 aliphatic carbocycles. The molecular weight excluding hydrogens is 389 g/mol. The summed E-state index contributed by atoms with van der Waals surface area (Å²) in [5, 5.41) is 15.4. The highest BCUT2D eigenvalue weighted by Crippen LogP contribution is 2.26. The lowest BCUT2D eigenvalue weighted by Crippen LogP contribution is -2.02. The molecule has 0 spiro atoms. The lowest BCUT2D eigenvalue weighted by molar-refractivity contribution is 0.563. The first-order valence-corrected chi connectivity index (χ1v) is 9.55. The van der Waals surface area contributed by atoms with Gasteiger partial charge in [0.15, 0.2) is 0 Å². The van der Waals surface area contributed by atoms with Crippen LogP contribution in [0.1, 0.15) is 10.6 Å². The van der Waals surface area contributed by atoms with E-state index in [0.717, 1.165) is 10.9 Å². The van der Waals surface area contributed by atoms with Crippen LogP contribution in [0.15, 0.2) is 69.3 Å². The van der Waals surface area contributed by atoms with Gasteiger partial charge in [-0.05, 0) is 36.8 Å². The van der Waals surface area contributed by atoms with Gasteiger partial charge in [0.2, 0.25) is 0 Å². The first-order valence-electron chi connectivity index (χ1n) is 8.67. The highest BCUT2D eigenvalue weighted by atomic mass is 32.1. The second kappa shape index (κ2) is 7.70. The topological polar surface area (TPSA) is 78.9 Å². The van der Waals surface area contributed by atoms with E-state index in [-0.39, 0.29) is 11.4 Å². The van der Waals surface area contributed by atoms with Crippen molar-refractivity contribution in [2.75, 3.05) is 5.32 Å². The van der Waals surface area contributed by atoms with Crippen molar-refractivity contribution in [1.82, 2.24) is 4.98 Å². The summed E-state index contributed by atoms with van der Waals surface area (Å²) in [6, 6.07) is 15.4. The summed E-state index contributed by atoms with van der Waals surface area (Å²) in [6.45, 7) is 1.84. The van der Waals surface area contributed by atoms with Gasteiger partial charge < -0.3 is 9.73 Å². The first-order chi connectivity index (χ1) is 14.0. The lowest BCUT2D eigenvalue weighted by atomic mass is 10.1. The van der Waals surface area contributed by atoms with E-state index in [9.17, 15) is 14.4 Å². The fourth-order valence-electron chi connectivity index (χ4n) is 2.80. The number of benzene rings is 2. The maximum atomic E-state index is 13.4. The molecule has 0 fully saturated rings. The molecule has 29 heavy (non-hydrogen) atoms. The Balaban J connectivity index is 1.67. The zero-order chi connectivity index (χ0) is 20.4. The van der Waals surface area contributed by atoms with Crippen molar-refractivity contribution in [3.63, 3.8) is 0 Å². The Labute approximate surface area is 169 Å². The summed E-state index contributed by atoms with van der Waals surface area (Å²) in [4.78, 5) is 16.8. The average molecular weight is 403 g/mol. The molecule has 0 amide bonds. The van der Waals surface area contributed by atoms with Crippen LogP contribution in [0.25, 0.3) is 27.8 Å². The predicted molar refractivity (Wildman–Crippen MR) is 112 cm³/mol. The van der Waals surface area contributed by atoms with Gasteiger partial charge >= 0.3 is 5.63 Å². The molecule has 0 aliphatic heterocycles. The smallest absolute Gasteiger partial charge is 0.345 e. The van der Waals surface area contributed by atoms with Crippen molar-refractivity contribution in [2.24, 2.45) is 0 Å². The van der Waals surface area contributed by atoms with Crippen LogP contribution in [0.2, 0.25) is 0 Å². The molecular formula is C22H14FN3O2S. The number of aromatic nitrogens is 1. The maximum Gasteiger partial charge on any atom is 0.345 e. The SMILES string of the molecule is Cc1ccc(F)cc1NC=C(C#N)c1nc(-c2cc3ccccc3oc2=O)cs1. The first kappa shape index (κ1) is 18.6. The van der Waals surface area contributed by atoms with Crippen LogP contribution in [0.3, 0.4) is 0 Å². The molecule has 0 saturated heterocycles. The van der Waals surface area contributed by atoms with E-state index < -0.39 is 5.63 Å². The van der Waals surface area contributed by atoms with E-state index >= 15 is 0 Å². The van der Waals surface area contributed by atoms with Crippen LogP contribution in [0.4, 0.5) is 10.1 Å². The van der Waals surface area contributed by atoms with Crippen LogP contribution >= 0.6 is 11.3 Å². The summed E-state index contributed by atoms with van der Waals surface area (Å²) in [6.07, 6.45) is 1.48. The normalized spacial score (nSPS) is 11.4. The minimum absolute atomic E-state index is 0.273. The third kappa shape index (κ3) is 3.79. The average Bonchev–Trinajstić information content (AvgIpc) is 3.20. The number of nitrogens with one attached hydrogen (secondary N) is 1. The molecule has 4 aromatic rings. The molecule has 2 aromatic heterocycles. The third-order valence-corrected chi connectivity index (χ3v) is 5.22. The third-order valence-electron chi connectivity index (χ3n) is 4.34. The number of nitrogens with zero attached hydrogens (tertiary/aromatic N) is 2. The number of anilines is 1.